The summed E-state index contributed by atoms with van der Waals surface area (Å²) in [6, 6.07) is 6.97. The zero-order chi connectivity index (χ0) is 24.1. The highest BCUT2D eigenvalue weighted by molar-refractivity contribution is 8.01. The van der Waals surface area contributed by atoms with Gasteiger partial charge < -0.3 is 14.9 Å². The highest BCUT2D eigenvalue weighted by atomic mass is 32.2. The van der Waals surface area contributed by atoms with Crippen LogP contribution in [0.25, 0.3) is 0 Å². The third-order valence-electron chi connectivity index (χ3n) is 6.70. The number of amides is 2. The molecule has 2 fully saturated rings. The maximum absolute atomic E-state index is 14.3. The maximum Gasteiger partial charge on any atom is 0.324 e. The van der Waals surface area contributed by atoms with E-state index in [1.165, 1.54) is 29.2 Å². The molecule has 7 nitrogen and oxygen atoms in total. The average molecular weight is 507 g/mol. The summed E-state index contributed by atoms with van der Waals surface area (Å²) in [7, 11) is 0. The van der Waals surface area contributed by atoms with E-state index in [1.54, 1.807) is 12.3 Å². The molecule has 0 radical (unpaired) electrons. The number of aliphatic carboxylic acids is 1. The number of nitrogens with one attached hydrogen (secondary N) is 1. The summed E-state index contributed by atoms with van der Waals surface area (Å²) in [5, 5.41) is 12.3. The number of aromatic nitrogens is 1. The molecule has 0 spiro atoms. The number of nitrogens with zero attached hydrogens (tertiary/aromatic N) is 3. The Balaban J connectivity index is 1.44. The number of hydrogen-bond donors (Lipinski definition) is 2. The lowest BCUT2D eigenvalue weighted by Crippen LogP contribution is -2.54. The molecule has 184 valence electrons. The van der Waals surface area contributed by atoms with Crippen LogP contribution in [0.4, 0.5) is 20.0 Å². The summed E-state index contributed by atoms with van der Waals surface area (Å²) in [6.45, 7) is 3.66. The van der Waals surface area contributed by atoms with Gasteiger partial charge >= 0.3 is 12.0 Å². The normalized spacial score (nSPS) is 21.3. The number of urea groups is 1. The van der Waals surface area contributed by atoms with Crippen LogP contribution in [0.2, 0.25) is 0 Å². The SMILES string of the molecule is C[C@H]1CC[C@H](N(C(=O)Nc2ncc(SCC(=O)O)s2)C2CCN(c3ccccc3F)CC2)CC1. The molecule has 0 unspecified atom stereocenters. The Bertz CT molecular complexity index is 988. The first-order valence-corrected chi connectivity index (χ1v) is 13.6. The van der Waals surface area contributed by atoms with E-state index in [0.717, 1.165) is 42.7 Å². The second-order valence-corrected chi connectivity index (χ2v) is 11.4. The second kappa shape index (κ2) is 11.4. The summed E-state index contributed by atoms with van der Waals surface area (Å²) >= 11 is 2.49. The second-order valence-electron chi connectivity index (χ2n) is 9.09. The quantitative estimate of drug-likeness (QED) is 0.480. The minimum atomic E-state index is -0.886. The Morgan fingerprint density at radius 1 is 1.18 bits per heavy atom. The fourth-order valence-corrected chi connectivity index (χ4v) is 6.50. The van der Waals surface area contributed by atoms with Crippen molar-refractivity contribution in [3.63, 3.8) is 0 Å². The maximum atomic E-state index is 14.3. The van der Waals surface area contributed by atoms with E-state index >= 15 is 0 Å². The molecule has 0 bridgehead atoms. The van der Waals surface area contributed by atoms with Crippen molar-refractivity contribution in [3.8, 4) is 0 Å². The van der Waals surface area contributed by atoms with Gasteiger partial charge in [0.2, 0.25) is 0 Å². The number of halogens is 1. The molecule has 10 heteroatoms. The molecule has 2 aromatic rings. The van der Waals surface area contributed by atoms with Gasteiger partial charge in [-0.2, -0.15) is 0 Å². The molecule has 1 saturated heterocycles. The van der Waals surface area contributed by atoms with Gasteiger partial charge in [0.1, 0.15) is 5.82 Å². The van der Waals surface area contributed by atoms with Crippen LogP contribution in [-0.4, -0.2) is 57.9 Å². The highest BCUT2D eigenvalue weighted by Gasteiger charge is 2.35. The molecule has 1 aromatic heterocycles. The Kier molecular flexibility index (Phi) is 8.31. The summed E-state index contributed by atoms with van der Waals surface area (Å²) in [6.07, 6.45) is 7.36. The van der Waals surface area contributed by atoms with Crippen molar-refractivity contribution in [3.05, 3.63) is 36.3 Å². The van der Waals surface area contributed by atoms with E-state index in [2.05, 4.69) is 22.1 Å². The van der Waals surface area contributed by atoms with Crippen molar-refractivity contribution >= 4 is 45.9 Å². The number of thioether (sulfide) groups is 1. The number of piperidine rings is 1. The van der Waals surface area contributed by atoms with Crippen molar-refractivity contribution in [1.82, 2.24) is 9.88 Å². The van der Waals surface area contributed by atoms with E-state index in [1.807, 2.05) is 17.0 Å². The topological polar surface area (TPSA) is 85.8 Å². The number of anilines is 2. The Morgan fingerprint density at radius 3 is 2.53 bits per heavy atom. The molecule has 1 aromatic carbocycles. The highest BCUT2D eigenvalue weighted by Crippen LogP contribution is 2.33. The van der Waals surface area contributed by atoms with E-state index in [0.29, 0.717) is 29.8 Å². The van der Waals surface area contributed by atoms with Crippen LogP contribution in [-0.2, 0) is 4.79 Å². The lowest BCUT2D eigenvalue weighted by molar-refractivity contribution is -0.133. The monoisotopic (exact) mass is 506 g/mol. The van der Waals surface area contributed by atoms with E-state index in [9.17, 15) is 14.0 Å². The molecule has 1 saturated carbocycles. The summed E-state index contributed by atoms with van der Waals surface area (Å²) < 4.78 is 15.0. The lowest BCUT2D eigenvalue weighted by Gasteiger charge is -2.44. The number of rotatable bonds is 7. The van der Waals surface area contributed by atoms with Crippen LogP contribution in [0.15, 0.2) is 34.7 Å². The predicted molar refractivity (Wildman–Crippen MR) is 134 cm³/mol. The van der Waals surface area contributed by atoms with Gasteiger partial charge in [-0.3, -0.25) is 10.1 Å². The van der Waals surface area contributed by atoms with Crippen molar-refractivity contribution in [1.29, 1.82) is 0 Å². The molecule has 2 heterocycles. The average Bonchev–Trinajstić information content (AvgIpc) is 3.27. The molecule has 4 rings (SSSR count). The van der Waals surface area contributed by atoms with Gasteiger partial charge in [0.25, 0.3) is 0 Å². The zero-order valence-electron chi connectivity index (χ0n) is 19.3. The number of benzene rings is 1. The minimum Gasteiger partial charge on any atom is -0.481 e. The van der Waals surface area contributed by atoms with Crippen molar-refractivity contribution in [2.45, 2.75) is 61.7 Å². The largest absolute Gasteiger partial charge is 0.481 e. The van der Waals surface area contributed by atoms with Crippen molar-refractivity contribution in [2.24, 2.45) is 5.92 Å². The number of carbonyl (C=O) groups excluding carboxylic acids is 1. The van der Waals surface area contributed by atoms with Gasteiger partial charge in [0, 0.05) is 25.2 Å². The minimum absolute atomic E-state index is 0.0391. The fourth-order valence-electron chi connectivity index (χ4n) is 4.92. The molecule has 1 aliphatic heterocycles. The van der Waals surface area contributed by atoms with Gasteiger partial charge in [-0.15, -0.1) is 11.8 Å². The van der Waals surface area contributed by atoms with Crippen molar-refractivity contribution in [2.75, 3.05) is 29.1 Å². The third-order valence-corrected chi connectivity index (χ3v) is 8.79. The fraction of sp³-hybridized carbons (Fsp3) is 0.542. The number of hydrogen-bond acceptors (Lipinski definition) is 6. The van der Waals surface area contributed by atoms with Crippen LogP contribution >= 0.6 is 23.1 Å². The number of thiazole rings is 1. The third kappa shape index (κ3) is 6.21. The van der Waals surface area contributed by atoms with Crippen LogP contribution < -0.4 is 10.2 Å². The molecular formula is C24H31FN4O3S2. The molecule has 0 atom stereocenters. The first-order chi connectivity index (χ1) is 16.4. The van der Waals surface area contributed by atoms with Gasteiger partial charge in [0.05, 0.1) is 21.8 Å². The first kappa shape index (κ1) is 24.8. The Hall–Kier alpha value is -2.33. The molecule has 2 N–H and O–H groups in total. The number of para-hydroxylation sites is 1. The smallest absolute Gasteiger partial charge is 0.324 e. The van der Waals surface area contributed by atoms with Gasteiger partial charge in [-0.25, -0.2) is 14.2 Å². The van der Waals surface area contributed by atoms with E-state index in [-0.39, 0.29) is 29.7 Å². The number of carbonyl (C=O) groups is 2. The molecule has 2 aliphatic rings. The summed E-state index contributed by atoms with van der Waals surface area (Å²) in [5.41, 5.74) is 0.623. The van der Waals surface area contributed by atoms with Crippen LogP contribution in [0.5, 0.6) is 0 Å². The van der Waals surface area contributed by atoms with E-state index in [4.69, 9.17) is 5.11 Å². The molecular weight excluding hydrogens is 475 g/mol. The van der Waals surface area contributed by atoms with Gasteiger partial charge in [-0.05, 0) is 56.6 Å². The van der Waals surface area contributed by atoms with Crippen LogP contribution in [0.3, 0.4) is 0 Å². The summed E-state index contributed by atoms with van der Waals surface area (Å²) in [5.74, 6) is -0.458. The number of carboxylic acid groups (broad SMARTS) is 1. The Morgan fingerprint density at radius 2 is 1.85 bits per heavy atom. The van der Waals surface area contributed by atoms with Gasteiger partial charge in [-0.1, -0.05) is 30.4 Å². The first-order valence-electron chi connectivity index (χ1n) is 11.8. The summed E-state index contributed by atoms with van der Waals surface area (Å²) in [4.78, 5) is 32.7. The van der Waals surface area contributed by atoms with Crippen molar-refractivity contribution < 1.29 is 19.1 Å². The zero-order valence-corrected chi connectivity index (χ0v) is 20.9. The molecule has 2 amide bonds. The lowest BCUT2D eigenvalue weighted by atomic mass is 9.85. The molecule has 34 heavy (non-hydrogen) atoms. The van der Waals surface area contributed by atoms with Crippen LogP contribution in [0.1, 0.15) is 45.4 Å². The predicted octanol–water partition coefficient (Wildman–Crippen LogP) is 5.54. The van der Waals surface area contributed by atoms with Gasteiger partial charge in [0.15, 0.2) is 5.13 Å². The number of carboxylic acids is 1. The Labute approximate surface area is 207 Å². The standard InChI is InChI=1S/C24H31FN4O3S2/c1-16-6-8-17(9-7-16)29(24(32)27-23-26-14-22(34-23)33-15-21(30)31)18-10-12-28(13-11-18)20-5-3-2-4-19(20)25/h2-5,14,16-18H,6-13,15H2,1H3,(H,30,31)(H,26,27,32)/t16-,17-. The van der Waals surface area contributed by atoms with E-state index < -0.39 is 5.97 Å². The van der Waals surface area contributed by atoms with Crippen LogP contribution in [0, 0.1) is 11.7 Å². The molecule has 1 aliphatic carbocycles.